The van der Waals surface area contributed by atoms with Gasteiger partial charge in [0.2, 0.25) is 5.88 Å². The van der Waals surface area contributed by atoms with E-state index in [1.165, 1.54) is 7.11 Å². The molecule has 6 nitrogen and oxygen atoms in total. The molecule has 0 radical (unpaired) electrons. The van der Waals surface area contributed by atoms with Crippen LogP contribution in [-0.4, -0.2) is 30.8 Å². The highest BCUT2D eigenvalue weighted by Crippen LogP contribution is 2.18. The van der Waals surface area contributed by atoms with Crippen LogP contribution in [0.1, 0.15) is 11.1 Å². The van der Waals surface area contributed by atoms with E-state index in [4.69, 9.17) is 9.57 Å². The maximum Gasteiger partial charge on any atom is 0.273 e. The molecular weight excluding hydrogens is 330 g/mol. The van der Waals surface area contributed by atoms with E-state index in [0.717, 1.165) is 16.5 Å². The third-order valence-electron chi connectivity index (χ3n) is 3.85. The maximum absolute atomic E-state index is 12.1. The van der Waals surface area contributed by atoms with Crippen LogP contribution in [0.5, 0.6) is 5.88 Å². The highest BCUT2D eigenvalue weighted by molar-refractivity contribution is 6.45. The fourth-order valence-electron chi connectivity index (χ4n) is 2.58. The second-order valence-corrected chi connectivity index (χ2v) is 5.49. The average Bonchev–Trinajstić information content (AvgIpc) is 2.70. The van der Waals surface area contributed by atoms with E-state index < -0.39 is 0 Å². The van der Waals surface area contributed by atoms with E-state index in [0.29, 0.717) is 11.4 Å². The molecule has 0 fully saturated rings. The number of nitrogens with one attached hydrogen (secondary N) is 1. The van der Waals surface area contributed by atoms with Crippen LogP contribution in [0.25, 0.3) is 10.9 Å². The van der Waals surface area contributed by atoms with Crippen LogP contribution in [0, 0.1) is 0 Å². The summed E-state index contributed by atoms with van der Waals surface area (Å²) in [4.78, 5) is 21.4. The Morgan fingerprint density at radius 3 is 2.65 bits per heavy atom. The topological polar surface area (TPSA) is 72.8 Å². The van der Waals surface area contributed by atoms with E-state index in [1.54, 1.807) is 13.1 Å². The molecule has 132 valence electrons. The Kier molecular flexibility index (Phi) is 5.43. The predicted molar refractivity (Wildman–Crippen MR) is 100 cm³/mol. The van der Waals surface area contributed by atoms with Gasteiger partial charge in [-0.15, -0.1) is 0 Å². The quantitative estimate of drug-likeness (QED) is 0.549. The summed E-state index contributed by atoms with van der Waals surface area (Å²) in [6.45, 7) is 0.251. The molecule has 1 aromatic heterocycles. The number of hydrogen-bond acceptors (Lipinski definition) is 5. The molecule has 3 aromatic rings. The third-order valence-corrected chi connectivity index (χ3v) is 3.85. The lowest BCUT2D eigenvalue weighted by atomic mass is 10.0. The van der Waals surface area contributed by atoms with Gasteiger partial charge >= 0.3 is 0 Å². The second-order valence-electron chi connectivity index (χ2n) is 5.49. The number of pyridine rings is 1. The van der Waals surface area contributed by atoms with Gasteiger partial charge in [-0.05, 0) is 17.7 Å². The van der Waals surface area contributed by atoms with Crippen LogP contribution in [0.3, 0.4) is 0 Å². The van der Waals surface area contributed by atoms with Crippen molar-refractivity contribution >= 4 is 22.5 Å². The van der Waals surface area contributed by atoms with E-state index in [9.17, 15) is 4.79 Å². The van der Waals surface area contributed by atoms with Gasteiger partial charge < -0.3 is 14.9 Å². The Morgan fingerprint density at radius 1 is 1.08 bits per heavy atom. The van der Waals surface area contributed by atoms with E-state index in [1.807, 2.05) is 54.6 Å². The molecule has 0 unspecified atom stereocenters. The zero-order chi connectivity index (χ0) is 18.4. The molecule has 0 saturated heterocycles. The number of fused-ring (bicyclic) bond motifs is 1. The summed E-state index contributed by atoms with van der Waals surface area (Å²) < 4.78 is 5.84. The lowest BCUT2D eigenvalue weighted by molar-refractivity contribution is -0.114. The number of carbonyl (C=O) groups excluding carboxylic acids is 1. The molecule has 0 bridgehead atoms. The summed E-state index contributed by atoms with van der Waals surface area (Å²) in [7, 11) is 2.95. The van der Waals surface area contributed by atoms with E-state index in [2.05, 4.69) is 15.5 Å². The summed E-state index contributed by atoms with van der Waals surface area (Å²) in [6.07, 6.45) is 0. The molecule has 3 rings (SSSR count). The minimum absolute atomic E-state index is 0.195. The Hall–Kier alpha value is -3.41. The Morgan fingerprint density at radius 2 is 1.85 bits per heavy atom. The summed E-state index contributed by atoms with van der Waals surface area (Å²) in [5.74, 6) is 0.187. The molecule has 0 saturated carbocycles. The summed E-state index contributed by atoms with van der Waals surface area (Å²) in [5, 5.41) is 7.47. The zero-order valence-corrected chi connectivity index (χ0v) is 14.6. The Balaban J connectivity index is 1.85. The molecule has 1 N–H and O–H groups in total. The molecule has 1 amide bonds. The highest BCUT2D eigenvalue weighted by atomic mass is 16.6. The molecule has 0 aliphatic carbocycles. The highest BCUT2D eigenvalue weighted by Gasteiger charge is 2.17. The Labute approximate surface area is 151 Å². The van der Waals surface area contributed by atoms with Gasteiger partial charge in [0, 0.05) is 24.1 Å². The number of oxime groups is 1. The van der Waals surface area contributed by atoms with E-state index in [-0.39, 0.29) is 18.2 Å². The summed E-state index contributed by atoms with van der Waals surface area (Å²) in [6, 6.07) is 19.0. The maximum atomic E-state index is 12.1. The van der Waals surface area contributed by atoms with Gasteiger partial charge in [-0.2, -0.15) is 0 Å². The average molecular weight is 349 g/mol. The number of rotatable bonds is 6. The zero-order valence-electron chi connectivity index (χ0n) is 14.6. The third kappa shape index (κ3) is 3.80. The number of ether oxygens (including phenoxy) is 1. The number of nitrogens with zero attached hydrogens (tertiary/aromatic N) is 2. The van der Waals surface area contributed by atoms with Gasteiger partial charge in [-0.3, -0.25) is 4.79 Å². The van der Waals surface area contributed by atoms with Crippen molar-refractivity contribution < 1.29 is 14.4 Å². The number of amides is 1. The van der Waals surface area contributed by atoms with Crippen LogP contribution in [-0.2, 0) is 16.2 Å². The fourth-order valence-corrected chi connectivity index (χ4v) is 2.58. The second kappa shape index (κ2) is 8.11. The van der Waals surface area contributed by atoms with Crippen molar-refractivity contribution in [3.63, 3.8) is 0 Å². The fraction of sp³-hybridized carbons (Fsp3) is 0.150. The number of hydrogen-bond donors (Lipinski definition) is 1. The van der Waals surface area contributed by atoms with Crippen molar-refractivity contribution in [1.82, 2.24) is 10.3 Å². The summed E-state index contributed by atoms with van der Waals surface area (Å²) >= 11 is 0. The standard InChI is InChI=1S/C20H19N3O3/c1-21-20(24)19(23-25-2)16-9-5-3-8-15(16)13-26-18-12-11-14-7-4-6-10-17(14)22-18/h3-12H,13H2,1-2H3,(H,21,24)/b23-19+. The number of aromatic nitrogens is 1. The first kappa shape index (κ1) is 17.4. The van der Waals surface area contributed by atoms with Gasteiger partial charge in [-0.25, -0.2) is 4.98 Å². The minimum atomic E-state index is -0.330. The van der Waals surface area contributed by atoms with Crippen molar-refractivity contribution in [3.8, 4) is 5.88 Å². The summed E-state index contributed by atoms with van der Waals surface area (Å²) in [5.41, 5.74) is 2.52. The first-order valence-corrected chi connectivity index (χ1v) is 8.13. The number of carbonyl (C=O) groups is 1. The molecular formula is C20H19N3O3. The molecule has 0 aliphatic heterocycles. The van der Waals surface area contributed by atoms with Gasteiger partial charge in [0.05, 0.1) is 5.52 Å². The van der Waals surface area contributed by atoms with Crippen LogP contribution < -0.4 is 10.1 Å². The molecule has 2 aromatic carbocycles. The molecule has 0 aliphatic rings. The molecule has 26 heavy (non-hydrogen) atoms. The lowest BCUT2D eigenvalue weighted by Gasteiger charge is -2.12. The number of likely N-dealkylation sites (N-methyl/N-ethyl adjacent to an activating group) is 1. The van der Waals surface area contributed by atoms with Gasteiger partial charge in [0.1, 0.15) is 13.7 Å². The number of benzene rings is 2. The van der Waals surface area contributed by atoms with E-state index >= 15 is 0 Å². The van der Waals surface area contributed by atoms with Gasteiger partial charge in [0.25, 0.3) is 5.91 Å². The molecule has 0 spiro atoms. The monoisotopic (exact) mass is 349 g/mol. The number of para-hydroxylation sites is 1. The minimum Gasteiger partial charge on any atom is -0.473 e. The smallest absolute Gasteiger partial charge is 0.273 e. The lowest BCUT2D eigenvalue weighted by Crippen LogP contribution is -2.29. The van der Waals surface area contributed by atoms with Crippen LogP contribution >= 0.6 is 0 Å². The first-order valence-electron chi connectivity index (χ1n) is 8.13. The van der Waals surface area contributed by atoms with Gasteiger partial charge in [0.15, 0.2) is 5.71 Å². The predicted octanol–water partition coefficient (Wildman–Crippen LogP) is 2.91. The van der Waals surface area contributed by atoms with Crippen molar-refractivity contribution in [2.75, 3.05) is 14.2 Å². The van der Waals surface area contributed by atoms with Gasteiger partial charge in [-0.1, -0.05) is 47.6 Å². The molecule has 6 heteroatoms. The van der Waals surface area contributed by atoms with Crippen molar-refractivity contribution in [2.24, 2.45) is 5.16 Å². The molecule has 1 heterocycles. The van der Waals surface area contributed by atoms with Crippen LogP contribution in [0.2, 0.25) is 0 Å². The van der Waals surface area contributed by atoms with Crippen molar-refractivity contribution in [1.29, 1.82) is 0 Å². The first-order chi connectivity index (χ1) is 12.7. The largest absolute Gasteiger partial charge is 0.473 e. The van der Waals surface area contributed by atoms with Crippen molar-refractivity contribution in [3.05, 3.63) is 71.8 Å². The molecule has 0 atom stereocenters. The normalized spacial score (nSPS) is 11.2. The Bertz CT molecular complexity index is 954. The SMILES string of the molecule is CNC(=O)/C(=N/OC)c1ccccc1COc1ccc2ccccc2n1. The van der Waals surface area contributed by atoms with Crippen LogP contribution in [0.4, 0.5) is 0 Å². The van der Waals surface area contributed by atoms with Crippen molar-refractivity contribution in [2.45, 2.75) is 6.61 Å². The van der Waals surface area contributed by atoms with Crippen LogP contribution in [0.15, 0.2) is 65.8 Å².